The number of ether oxygens (including phenoxy) is 2. The molecule has 0 heterocycles. The lowest BCUT2D eigenvalue weighted by Crippen LogP contribution is -2.40. The normalized spacial score (nSPS) is 11.9. The molecule has 0 saturated heterocycles. The number of carbonyl (C=O) groups excluding carboxylic acids is 2. The van der Waals surface area contributed by atoms with Crippen molar-refractivity contribution in [3.8, 4) is 5.75 Å². The first-order valence-electron chi connectivity index (χ1n) is 10.6. The lowest BCUT2D eigenvalue weighted by Gasteiger charge is -2.14. The summed E-state index contributed by atoms with van der Waals surface area (Å²) in [5.41, 5.74) is 2.45. The second-order valence-corrected chi connectivity index (χ2v) is 9.32. The molecule has 1 unspecified atom stereocenters. The van der Waals surface area contributed by atoms with Gasteiger partial charge in [-0.05, 0) is 55.8 Å². The zero-order valence-electron chi connectivity index (χ0n) is 18.9. The van der Waals surface area contributed by atoms with Gasteiger partial charge in [0.25, 0.3) is 5.91 Å². The summed E-state index contributed by atoms with van der Waals surface area (Å²) in [5.74, 6) is -0.779. The molecule has 9 heteroatoms. The largest absolute Gasteiger partial charge is 0.489 e. The summed E-state index contributed by atoms with van der Waals surface area (Å²) in [5, 5.41) is 2.61. The Morgan fingerprint density at radius 2 is 1.56 bits per heavy atom. The van der Waals surface area contributed by atoms with Crippen LogP contribution in [0.4, 0.5) is 5.69 Å². The zero-order valence-corrected chi connectivity index (χ0v) is 19.7. The average Bonchev–Trinajstić information content (AvgIpc) is 2.82. The number of rotatable bonds is 10. The molecule has 3 aromatic carbocycles. The molecule has 0 aliphatic rings. The van der Waals surface area contributed by atoms with Crippen molar-refractivity contribution in [2.75, 3.05) is 11.9 Å². The molecule has 0 bridgehead atoms. The van der Waals surface area contributed by atoms with Crippen LogP contribution < -0.4 is 14.8 Å². The van der Waals surface area contributed by atoms with Crippen molar-refractivity contribution in [1.29, 1.82) is 0 Å². The van der Waals surface area contributed by atoms with Gasteiger partial charge >= 0.3 is 5.97 Å². The van der Waals surface area contributed by atoms with Crippen LogP contribution in [0.2, 0.25) is 0 Å². The number of esters is 1. The maximum atomic E-state index is 12.4. The minimum Gasteiger partial charge on any atom is -0.489 e. The Kier molecular flexibility index (Phi) is 8.39. The Labute approximate surface area is 199 Å². The summed E-state index contributed by atoms with van der Waals surface area (Å²) < 4.78 is 37.7. The van der Waals surface area contributed by atoms with Gasteiger partial charge in [0.1, 0.15) is 18.4 Å². The van der Waals surface area contributed by atoms with E-state index in [0.29, 0.717) is 18.0 Å². The summed E-state index contributed by atoms with van der Waals surface area (Å²) in [6, 6.07) is 21.5. The molecule has 0 aromatic heterocycles. The third-order valence-electron chi connectivity index (χ3n) is 4.75. The van der Waals surface area contributed by atoms with E-state index in [1.807, 2.05) is 37.3 Å². The molecular formula is C25H26N2O6S. The van der Waals surface area contributed by atoms with Crippen molar-refractivity contribution in [2.45, 2.75) is 31.4 Å². The fourth-order valence-electron chi connectivity index (χ4n) is 2.90. The lowest BCUT2D eigenvalue weighted by atomic mass is 10.2. The van der Waals surface area contributed by atoms with Gasteiger partial charge in [-0.15, -0.1) is 0 Å². The highest BCUT2D eigenvalue weighted by atomic mass is 32.2. The summed E-state index contributed by atoms with van der Waals surface area (Å²) in [6.45, 7) is 3.05. The number of hydrogen-bond acceptors (Lipinski definition) is 6. The van der Waals surface area contributed by atoms with E-state index in [9.17, 15) is 18.0 Å². The first-order chi connectivity index (χ1) is 16.2. The van der Waals surface area contributed by atoms with E-state index in [2.05, 4.69) is 10.0 Å². The highest BCUT2D eigenvalue weighted by Gasteiger charge is 2.23. The van der Waals surface area contributed by atoms with E-state index in [1.165, 1.54) is 19.1 Å². The van der Waals surface area contributed by atoms with E-state index in [-0.39, 0.29) is 4.90 Å². The molecule has 0 aliphatic carbocycles. The van der Waals surface area contributed by atoms with E-state index < -0.39 is 34.5 Å². The Balaban J connectivity index is 1.43. The molecule has 3 aromatic rings. The van der Waals surface area contributed by atoms with Gasteiger partial charge in [0.15, 0.2) is 6.61 Å². The van der Waals surface area contributed by atoms with Crippen LogP contribution in [0.1, 0.15) is 18.1 Å². The van der Waals surface area contributed by atoms with Gasteiger partial charge in [-0.1, -0.05) is 48.0 Å². The molecule has 34 heavy (non-hydrogen) atoms. The highest BCUT2D eigenvalue weighted by Crippen LogP contribution is 2.17. The van der Waals surface area contributed by atoms with Gasteiger partial charge in [-0.25, -0.2) is 8.42 Å². The van der Waals surface area contributed by atoms with Gasteiger partial charge in [0.2, 0.25) is 10.0 Å². The van der Waals surface area contributed by atoms with E-state index in [4.69, 9.17) is 9.47 Å². The number of benzene rings is 3. The molecule has 1 amide bonds. The predicted molar refractivity (Wildman–Crippen MR) is 128 cm³/mol. The molecule has 3 rings (SSSR count). The molecule has 0 spiro atoms. The van der Waals surface area contributed by atoms with Crippen LogP contribution >= 0.6 is 0 Å². The van der Waals surface area contributed by atoms with Crippen molar-refractivity contribution < 1.29 is 27.5 Å². The van der Waals surface area contributed by atoms with Crippen molar-refractivity contribution in [2.24, 2.45) is 0 Å². The quantitative estimate of drug-likeness (QED) is 0.429. The zero-order chi connectivity index (χ0) is 24.6. The van der Waals surface area contributed by atoms with Gasteiger partial charge in [-0.3, -0.25) is 9.59 Å². The van der Waals surface area contributed by atoms with E-state index in [1.54, 1.807) is 36.4 Å². The maximum absolute atomic E-state index is 12.4. The first-order valence-corrected chi connectivity index (χ1v) is 12.0. The van der Waals surface area contributed by atoms with Crippen LogP contribution in [-0.4, -0.2) is 32.9 Å². The number of hydrogen-bond donors (Lipinski definition) is 2. The van der Waals surface area contributed by atoms with Crippen LogP contribution in [0.15, 0.2) is 83.8 Å². The van der Waals surface area contributed by atoms with Gasteiger partial charge in [0, 0.05) is 5.69 Å². The van der Waals surface area contributed by atoms with Crippen molar-refractivity contribution >= 4 is 27.6 Å². The third kappa shape index (κ3) is 7.43. The van der Waals surface area contributed by atoms with E-state index in [0.717, 1.165) is 11.1 Å². The smallest absolute Gasteiger partial charge is 0.324 e. The topological polar surface area (TPSA) is 111 Å². The average molecular weight is 483 g/mol. The lowest BCUT2D eigenvalue weighted by molar-refractivity contribution is -0.148. The molecule has 0 fully saturated rings. The number of anilines is 1. The van der Waals surface area contributed by atoms with E-state index >= 15 is 0 Å². The molecule has 2 N–H and O–H groups in total. The number of amides is 1. The molecule has 0 radical (unpaired) electrons. The minimum absolute atomic E-state index is 0.0340. The van der Waals surface area contributed by atoms with Crippen LogP contribution in [0.5, 0.6) is 5.75 Å². The standard InChI is InChI=1S/C25H26N2O6S/c1-18-8-14-23(15-9-18)34(30,31)27-19(2)25(29)33-17-24(28)26-21-10-12-22(13-11-21)32-16-20-6-4-3-5-7-20/h3-15,19,27H,16-17H2,1-2H3,(H,26,28). The second-order valence-electron chi connectivity index (χ2n) is 7.61. The third-order valence-corrected chi connectivity index (χ3v) is 6.31. The van der Waals surface area contributed by atoms with Crippen LogP contribution in [0, 0.1) is 6.92 Å². The highest BCUT2D eigenvalue weighted by molar-refractivity contribution is 7.89. The molecule has 0 aliphatic heterocycles. The second kappa shape index (κ2) is 11.4. The Morgan fingerprint density at radius 3 is 2.21 bits per heavy atom. The molecule has 0 saturated carbocycles. The summed E-state index contributed by atoms with van der Waals surface area (Å²) in [4.78, 5) is 24.3. The van der Waals surface area contributed by atoms with Crippen molar-refractivity contribution in [3.63, 3.8) is 0 Å². The monoisotopic (exact) mass is 482 g/mol. The molecule has 8 nitrogen and oxygen atoms in total. The fourth-order valence-corrected chi connectivity index (χ4v) is 4.09. The molecule has 178 valence electrons. The molecular weight excluding hydrogens is 456 g/mol. The van der Waals surface area contributed by atoms with Crippen molar-refractivity contribution in [1.82, 2.24) is 4.72 Å². The van der Waals surface area contributed by atoms with Gasteiger partial charge in [0.05, 0.1) is 4.90 Å². The number of sulfonamides is 1. The first kappa shape index (κ1) is 24.9. The fraction of sp³-hybridized carbons (Fsp3) is 0.200. The SMILES string of the molecule is Cc1ccc(S(=O)(=O)NC(C)C(=O)OCC(=O)Nc2ccc(OCc3ccccc3)cc2)cc1. The Morgan fingerprint density at radius 1 is 0.912 bits per heavy atom. The maximum Gasteiger partial charge on any atom is 0.324 e. The van der Waals surface area contributed by atoms with Gasteiger partial charge < -0.3 is 14.8 Å². The Bertz CT molecular complexity index is 1210. The minimum atomic E-state index is -3.90. The predicted octanol–water partition coefficient (Wildman–Crippen LogP) is 3.42. The summed E-state index contributed by atoms with van der Waals surface area (Å²) >= 11 is 0. The molecule has 1 atom stereocenters. The van der Waals surface area contributed by atoms with Crippen LogP contribution in [0.25, 0.3) is 0 Å². The number of carbonyl (C=O) groups is 2. The van der Waals surface area contributed by atoms with Crippen LogP contribution in [-0.2, 0) is 31.0 Å². The Hall–Kier alpha value is -3.69. The summed E-state index contributed by atoms with van der Waals surface area (Å²) in [6.07, 6.45) is 0. The summed E-state index contributed by atoms with van der Waals surface area (Å²) in [7, 11) is -3.90. The van der Waals surface area contributed by atoms with Crippen LogP contribution in [0.3, 0.4) is 0 Å². The number of nitrogens with one attached hydrogen (secondary N) is 2. The van der Waals surface area contributed by atoms with Gasteiger partial charge in [-0.2, -0.15) is 4.72 Å². The number of aryl methyl sites for hydroxylation is 1. The van der Waals surface area contributed by atoms with Crippen molar-refractivity contribution in [3.05, 3.63) is 90.0 Å².